The maximum absolute atomic E-state index is 12.8. The van der Waals surface area contributed by atoms with Crippen LogP contribution in [0.3, 0.4) is 0 Å². The molecule has 5 unspecified atom stereocenters. The van der Waals surface area contributed by atoms with Gasteiger partial charge in [0.15, 0.2) is 0 Å². The maximum Gasteiger partial charge on any atom is 0.326 e. The Hall–Kier alpha value is -4.05. The van der Waals surface area contributed by atoms with E-state index in [2.05, 4.69) is 20.6 Å². The Bertz CT molecular complexity index is 904. The van der Waals surface area contributed by atoms with Gasteiger partial charge < -0.3 is 47.7 Å². The Balaban J connectivity index is 3.10. The number of primary amides is 1. The van der Waals surface area contributed by atoms with Gasteiger partial charge in [-0.3, -0.25) is 24.0 Å². The fourth-order valence-corrected chi connectivity index (χ4v) is 2.64. The van der Waals surface area contributed by atoms with E-state index in [4.69, 9.17) is 21.7 Å². The lowest BCUT2D eigenvalue weighted by Crippen LogP contribution is -2.59. The molecule has 0 spiro atoms. The first-order chi connectivity index (χ1) is 15.8. The summed E-state index contributed by atoms with van der Waals surface area (Å²) in [4.78, 5) is 77.7. The van der Waals surface area contributed by atoms with E-state index in [1.807, 2.05) is 5.32 Å². The number of nitrogens with one attached hydrogen (secondary N) is 4. The lowest BCUT2D eigenvalue weighted by molar-refractivity contribution is -0.147. The second-order valence-corrected chi connectivity index (χ2v) is 7.34. The van der Waals surface area contributed by atoms with Crippen LogP contribution in [0.4, 0.5) is 0 Å². The van der Waals surface area contributed by atoms with Gasteiger partial charge in [0.2, 0.25) is 23.6 Å². The van der Waals surface area contributed by atoms with Gasteiger partial charge in [-0.15, -0.1) is 0 Å². The lowest BCUT2D eigenvalue weighted by atomic mass is 10.1. The third-order valence-corrected chi connectivity index (χ3v) is 4.47. The molecule has 0 bridgehead atoms. The van der Waals surface area contributed by atoms with Crippen molar-refractivity contribution in [2.45, 2.75) is 56.5 Å². The number of aromatic nitrogens is 2. The fraction of sp³-hybridized carbons (Fsp3) is 0.500. The first-order valence-corrected chi connectivity index (χ1v) is 9.86. The number of aliphatic hydroxyl groups excluding tert-OH is 1. The number of carboxylic acids is 2. The van der Waals surface area contributed by atoms with Gasteiger partial charge in [-0.1, -0.05) is 0 Å². The third kappa shape index (κ3) is 9.21. The number of nitrogens with zero attached hydrogens (tertiary/aromatic N) is 1. The van der Waals surface area contributed by atoms with Crippen molar-refractivity contribution in [3.05, 3.63) is 18.2 Å². The predicted octanol–water partition coefficient (Wildman–Crippen LogP) is -4.45. The topological polar surface area (TPSA) is 280 Å². The molecule has 0 saturated heterocycles. The number of imidazole rings is 1. The zero-order chi connectivity index (χ0) is 26.0. The van der Waals surface area contributed by atoms with Crippen LogP contribution in [0.25, 0.3) is 0 Å². The Morgan fingerprint density at radius 3 is 2.00 bits per heavy atom. The van der Waals surface area contributed by atoms with E-state index in [0.29, 0.717) is 5.69 Å². The summed E-state index contributed by atoms with van der Waals surface area (Å²) < 4.78 is 0. The van der Waals surface area contributed by atoms with E-state index in [0.717, 1.165) is 0 Å². The molecular formula is C18H27N7O9. The summed E-state index contributed by atoms with van der Waals surface area (Å²) in [7, 11) is 0. The van der Waals surface area contributed by atoms with Crippen LogP contribution in [0, 0.1) is 0 Å². The third-order valence-electron chi connectivity index (χ3n) is 4.47. The molecular weight excluding hydrogens is 458 g/mol. The number of carbonyl (C=O) groups excluding carboxylic acids is 4. The molecule has 16 nitrogen and oxygen atoms in total. The molecule has 1 rings (SSSR count). The molecule has 11 N–H and O–H groups in total. The molecule has 0 radical (unpaired) electrons. The van der Waals surface area contributed by atoms with E-state index in [9.17, 15) is 33.9 Å². The van der Waals surface area contributed by atoms with Gasteiger partial charge in [0, 0.05) is 18.3 Å². The fourth-order valence-electron chi connectivity index (χ4n) is 2.64. The first-order valence-electron chi connectivity index (χ1n) is 9.86. The standard InChI is InChI=1S/C18H27N7O9/c1-7(26)14(20)17(32)24-10(3-12(19)27)16(31)23-9(2-8-5-21-6-22-8)15(30)25-11(18(33)34)4-13(28)29/h5-7,9-11,14,26H,2-4,20H2,1H3,(H2,19,27)(H,21,22)(H,23,31)(H,24,32)(H,25,30)(H,28,29)(H,33,34). The molecule has 4 amide bonds. The van der Waals surface area contributed by atoms with Crippen LogP contribution in [0.5, 0.6) is 0 Å². The lowest BCUT2D eigenvalue weighted by Gasteiger charge is -2.24. The zero-order valence-electron chi connectivity index (χ0n) is 18.1. The highest BCUT2D eigenvalue weighted by Gasteiger charge is 2.32. The maximum atomic E-state index is 12.8. The summed E-state index contributed by atoms with van der Waals surface area (Å²) in [6, 6.07) is -6.28. The summed E-state index contributed by atoms with van der Waals surface area (Å²) in [5, 5.41) is 33.9. The zero-order valence-corrected chi connectivity index (χ0v) is 18.1. The minimum absolute atomic E-state index is 0.235. The molecule has 34 heavy (non-hydrogen) atoms. The van der Waals surface area contributed by atoms with Gasteiger partial charge in [0.05, 0.1) is 25.3 Å². The van der Waals surface area contributed by atoms with Crippen LogP contribution in [-0.4, -0.2) is 91.1 Å². The van der Waals surface area contributed by atoms with Crippen LogP contribution in [0.1, 0.15) is 25.5 Å². The van der Waals surface area contributed by atoms with Gasteiger partial charge in [-0.05, 0) is 6.92 Å². The Labute approximate surface area is 192 Å². The molecule has 0 aliphatic heterocycles. The molecule has 5 atom stereocenters. The van der Waals surface area contributed by atoms with Crippen molar-refractivity contribution in [1.82, 2.24) is 25.9 Å². The van der Waals surface area contributed by atoms with E-state index < -0.39 is 78.7 Å². The molecule has 0 aliphatic carbocycles. The van der Waals surface area contributed by atoms with E-state index >= 15 is 0 Å². The summed E-state index contributed by atoms with van der Waals surface area (Å²) in [5.74, 6) is -7.16. The Kier molecular flexibility index (Phi) is 10.6. The van der Waals surface area contributed by atoms with Crippen molar-refractivity contribution in [2.24, 2.45) is 11.5 Å². The number of carboxylic acid groups (broad SMARTS) is 2. The number of hydrogen-bond donors (Lipinski definition) is 9. The van der Waals surface area contributed by atoms with Crippen LogP contribution < -0.4 is 27.4 Å². The van der Waals surface area contributed by atoms with Crippen molar-refractivity contribution in [3.63, 3.8) is 0 Å². The van der Waals surface area contributed by atoms with E-state index in [1.54, 1.807) is 0 Å². The number of H-pyrrole nitrogens is 1. The number of aromatic amines is 1. The highest BCUT2D eigenvalue weighted by Crippen LogP contribution is 2.04. The molecule has 188 valence electrons. The second-order valence-electron chi connectivity index (χ2n) is 7.34. The molecule has 16 heteroatoms. The number of carbonyl (C=O) groups is 6. The van der Waals surface area contributed by atoms with E-state index in [1.165, 1.54) is 19.4 Å². The van der Waals surface area contributed by atoms with Crippen molar-refractivity contribution in [3.8, 4) is 0 Å². The average molecular weight is 485 g/mol. The van der Waals surface area contributed by atoms with Crippen LogP contribution in [-0.2, 0) is 35.2 Å². The molecule has 0 saturated carbocycles. The Morgan fingerprint density at radius 1 is 0.971 bits per heavy atom. The quantitative estimate of drug-likeness (QED) is 0.121. The van der Waals surface area contributed by atoms with Crippen molar-refractivity contribution < 1.29 is 44.1 Å². The molecule has 1 aromatic heterocycles. The Morgan fingerprint density at radius 2 is 1.53 bits per heavy atom. The summed E-state index contributed by atoms with van der Waals surface area (Å²) >= 11 is 0. The second kappa shape index (κ2) is 12.9. The first kappa shape index (κ1) is 28.0. The number of rotatable bonds is 14. The SMILES string of the molecule is CC(O)C(N)C(=O)NC(CC(N)=O)C(=O)NC(Cc1cnc[nH]1)C(=O)NC(CC(=O)O)C(=O)O. The minimum Gasteiger partial charge on any atom is -0.481 e. The normalized spacial score (nSPS) is 15.1. The number of aliphatic carboxylic acids is 2. The smallest absolute Gasteiger partial charge is 0.326 e. The largest absolute Gasteiger partial charge is 0.481 e. The molecule has 0 aromatic carbocycles. The summed E-state index contributed by atoms with van der Waals surface area (Å²) in [5.41, 5.74) is 11.0. The number of aliphatic hydroxyl groups is 1. The summed E-state index contributed by atoms with van der Waals surface area (Å²) in [6.07, 6.45) is -0.518. The van der Waals surface area contributed by atoms with Crippen LogP contribution >= 0.6 is 0 Å². The molecule has 0 fully saturated rings. The monoisotopic (exact) mass is 485 g/mol. The highest BCUT2D eigenvalue weighted by atomic mass is 16.4. The summed E-state index contributed by atoms with van der Waals surface area (Å²) in [6.45, 7) is 1.23. The highest BCUT2D eigenvalue weighted by molar-refractivity contribution is 5.96. The van der Waals surface area contributed by atoms with Crippen LogP contribution in [0.15, 0.2) is 12.5 Å². The van der Waals surface area contributed by atoms with Gasteiger partial charge in [-0.2, -0.15) is 0 Å². The molecule has 1 heterocycles. The van der Waals surface area contributed by atoms with Gasteiger partial charge in [0.1, 0.15) is 24.2 Å². The molecule has 1 aromatic rings. The average Bonchev–Trinajstić information content (AvgIpc) is 3.23. The number of nitrogens with two attached hydrogens (primary N) is 2. The van der Waals surface area contributed by atoms with Gasteiger partial charge in [-0.25, -0.2) is 9.78 Å². The molecule has 0 aliphatic rings. The number of amides is 4. The number of hydrogen-bond acceptors (Lipinski definition) is 9. The van der Waals surface area contributed by atoms with Crippen molar-refractivity contribution >= 4 is 35.6 Å². The van der Waals surface area contributed by atoms with Crippen molar-refractivity contribution in [2.75, 3.05) is 0 Å². The predicted molar refractivity (Wildman–Crippen MR) is 111 cm³/mol. The van der Waals surface area contributed by atoms with Gasteiger partial charge in [0.25, 0.3) is 0 Å². The van der Waals surface area contributed by atoms with E-state index in [-0.39, 0.29) is 6.42 Å². The van der Waals surface area contributed by atoms with Gasteiger partial charge >= 0.3 is 11.9 Å². The minimum atomic E-state index is -1.80. The van der Waals surface area contributed by atoms with Crippen molar-refractivity contribution in [1.29, 1.82) is 0 Å². The van der Waals surface area contributed by atoms with Crippen LogP contribution in [0.2, 0.25) is 0 Å².